The Morgan fingerprint density at radius 3 is 2.15 bits per heavy atom. The van der Waals surface area contributed by atoms with Crippen molar-refractivity contribution in [1.82, 2.24) is 35.9 Å². The molecule has 0 aliphatic rings. The zero-order chi connectivity index (χ0) is 46.1. The summed E-state index contributed by atoms with van der Waals surface area (Å²) in [6, 6.07) is 0.998. The number of H-pyrrole nitrogens is 1. The molecule has 25 heteroatoms. The number of nitrogens with two attached hydrogens (primary N) is 3. The molecule has 0 bridgehead atoms. The molecular formula is C37H46N12O12S. The van der Waals surface area contributed by atoms with Gasteiger partial charge in [-0.2, -0.15) is 17.6 Å². The van der Waals surface area contributed by atoms with Crippen molar-refractivity contribution in [2.24, 2.45) is 28.3 Å². The number of Topliss-reactive ketones (excluding diaryl/α,β-unsaturated/α-hetero) is 2. The van der Waals surface area contributed by atoms with Crippen LogP contribution in [0.3, 0.4) is 0 Å². The van der Waals surface area contributed by atoms with Crippen LogP contribution in [0.2, 0.25) is 0 Å². The first-order valence-corrected chi connectivity index (χ1v) is 19.3. The van der Waals surface area contributed by atoms with Gasteiger partial charge in [0.2, 0.25) is 17.8 Å². The van der Waals surface area contributed by atoms with Crippen molar-refractivity contribution in [2.75, 3.05) is 23.3 Å². The monoisotopic (exact) mass is 882 g/mol. The minimum atomic E-state index is -1.70. The minimum absolute atomic E-state index is 0.00516. The van der Waals surface area contributed by atoms with E-state index in [2.05, 4.69) is 58.8 Å². The number of thiol groups is 1. The number of carboxylic acid groups (broad SMARTS) is 3. The largest absolute Gasteiger partial charge is 0.481 e. The van der Waals surface area contributed by atoms with Gasteiger partial charge >= 0.3 is 17.9 Å². The van der Waals surface area contributed by atoms with Gasteiger partial charge in [0, 0.05) is 48.7 Å². The summed E-state index contributed by atoms with van der Waals surface area (Å²) in [6.07, 6.45) is -1.61. The van der Waals surface area contributed by atoms with Crippen LogP contribution in [0.5, 0.6) is 0 Å². The Labute approximate surface area is 357 Å². The van der Waals surface area contributed by atoms with Crippen LogP contribution in [-0.2, 0) is 40.1 Å². The number of carbonyl (C=O) groups is 8. The Morgan fingerprint density at radius 1 is 0.855 bits per heavy atom. The van der Waals surface area contributed by atoms with E-state index in [1.807, 2.05) is 0 Å². The first-order valence-electron chi connectivity index (χ1n) is 18.7. The lowest BCUT2D eigenvalue weighted by Crippen LogP contribution is -2.47. The van der Waals surface area contributed by atoms with Crippen molar-refractivity contribution >= 4 is 88.6 Å². The number of fused-ring (bicyclic) bond motifs is 1. The molecular weight excluding hydrogens is 837 g/mol. The van der Waals surface area contributed by atoms with Gasteiger partial charge in [-0.15, -0.1) is 0 Å². The molecule has 332 valence electrons. The number of nitrogens with one attached hydrogen (secondary N) is 5. The van der Waals surface area contributed by atoms with Crippen molar-refractivity contribution < 1.29 is 53.7 Å². The fourth-order valence-corrected chi connectivity index (χ4v) is 5.94. The van der Waals surface area contributed by atoms with Crippen molar-refractivity contribution in [3.8, 4) is 0 Å². The number of aliphatic imine (C=N–C) groups is 1. The molecule has 0 saturated heterocycles. The summed E-state index contributed by atoms with van der Waals surface area (Å²) in [5.41, 5.74) is 16.7. The highest BCUT2D eigenvalue weighted by molar-refractivity contribution is 7.80. The Hall–Kier alpha value is -7.18. The highest BCUT2D eigenvalue weighted by Crippen LogP contribution is 2.17. The van der Waals surface area contributed by atoms with Gasteiger partial charge in [-0.3, -0.25) is 48.3 Å². The number of ketones is 2. The predicted octanol–water partition coefficient (Wildman–Crippen LogP) is -1.76. The molecule has 2 aromatic heterocycles. The third-order valence-corrected chi connectivity index (χ3v) is 9.40. The number of rotatable bonds is 26. The number of nitrogen functional groups attached to an aromatic ring is 1. The molecule has 24 nitrogen and oxygen atoms in total. The number of carboxylic acids is 3. The van der Waals surface area contributed by atoms with Gasteiger partial charge in [-0.1, -0.05) is 0 Å². The number of hydrogen-bond acceptors (Lipinski definition) is 16. The van der Waals surface area contributed by atoms with Crippen LogP contribution in [0.1, 0.15) is 61.0 Å². The van der Waals surface area contributed by atoms with E-state index >= 15 is 0 Å². The van der Waals surface area contributed by atoms with Gasteiger partial charge in [0.05, 0.1) is 42.9 Å². The van der Waals surface area contributed by atoms with Crippen molar-refractivity contribution in [3.05, 3.63) is 59.0 Å². The molecule has 3 amide bonds. The summed E-state index contributed by atoms with van der Waals surface area (Å²) < 4.78 is 0. The third kappa shape index (κ3) is 15.8. The van der Waals surface area contributed by atoms with Gasteiger partial charge in [0.1, 0.15) is 6.04 Å². The topological polar surface area (TPSA) is 407 Å². The quantitative estimate of drug-likeness (QED) is 0.0184. The minimum Gasteiger partial charge on any atom is -0.481 e. The molecule has 0 fully saturated rings. The smallest absolute Gasteiger partial charge is 0.326 e. The summed E-state index contributed by atoms with van der Waals surface area (Å²) in [5.74, 6) is -11.7. The van der Waals surface area contributed by atoms with Crippen LogP contribution in [-0.4, -0.2) is 119 Å². The molecule has 0 unspecified atom stereocenters. The number of nitrogens with zero attached hydrogens (tertiary/aromatic N) is 4. The maximum atomic E-state index is 13.4. The second-order valence-electron chi connectivity index (χ2n) is 13.7. The van der Waals surface area contributed by atoms with Gasteiger partial charge in [-0.05, 0) is 50.5 Å². The Kier molecular flexibility index (Phi) is 18.7. The number of anilines is 2. The fraction of sp³-hybridized carbons (Fsp3) is 0.405. The first-order chi connectivity index (χ1) is 29.3. The number of hydrogen-bond donors (Lipinski definition) is 12. The van der Waals surface area contributed by atoms with Gasteiger partial charge in [-0.25, -0.2) is 14.8 Å². The van der Waals surface area contributed by atoms with Crippen LogP contribution in [0.4, 0.5) is 11.6 Å². The lowest BCUT2D eigenvalue weighted by atomic mass is 9.92. The molecule has 5 atom stereocenters. The number of aromatic amines is 1. The lowest BCUT2D eigenvalue weighted by molar-refractivity contribution is -0.144. The summed E-state index contributed by atoms with van der Waals surface area (Å²) in [4.78, 5) is 130. The Bertz CT molecular complexity index is 2230. The zero-order valence-corrected chi connectivity index (χ0v) is 33.8. The Balaban J connectivity index is 1.57. The van der Waals surface area contributed by atoms with E-state index in [0.29, 0.717) is 11.4 Å². The predicted molar refractivity (Wildman–Crippen MR) is 222 cm³/mol. The van der Waals surface area contributed by atoms with E-state index in [1.54, 1.807) is 0 Å². The SMILES string of the molecule is [CH][C@H](NC(=O)CC[C@H](NC(=O)c1ccc(NCc2cnc3nc(N)[nH]c(=O)c3n2)cc1)C(=O)O)C(=O)C[C@@H](CCCN=C(N)N)C(=O)N[C@@H](CC(=O)O)C(=O)C[C@@H](CS)C(=O)O. The maximum Gasteiger partial charge on any atom is 0.326 e. The number of benzene rings is 1. The van der Waals surface area contributed by atoms with Gasteiger partial charge in [0.25, 0.3) is 11.5 Å². The molecule has 14 N–H and O–H groups in total. The van der Waals surface area contributed by atoms with Crippen molar-refractivity contribution in [1.29, 1.82) is 0 Å². The van der Waals surface area contributed by atoms with E-state index in [9.17, 15) is 58.5 Å². The second kappa shape index (κ2) is 23.6. The second-order valence-corrected chi connectivity index (χ2v) is 14.1. The summed E-state index contributed by atoms with van der Waals surface area (Å²) in [6.45, 7) is 6.08. The van der Waals surface area contributed by atoms with E-state index in [0.717, 1.165) is 0 Å². The number of guanidine groups is 1. The Morgan fingerprint density at radius 2 is 1.53 bits per heavy atom. The average Bonchev–Trinajstić information content (AvgIpc) is 3.20. The van der Waals surface area contributed by atoms with Gasteiger partial charge in [0.15, 0.2) is 28.7 Å². The number of aliphatic carboxylic acids is 3. The van der Waals surface area contributed by atoms with E-state index < -0.39 is 115 Å². The molecule has 1 aromatic carbocycles. The van der Waals surface area contributed by atoms with E-state index in [4.69, 9.17) is 24.1 Å². The number of carbonyl (C=O) groups excluding carboxylic acids is 5. The lowest BCUT2D eigenvalue weighted by Gasteiger charge is -2.23. The molecule has 3 rings (SSSR count). The van der Waals surface area contributed by atoms with E-state index in [1.165, 1.54) is 30.5 Å². The fourth-order valence-electron chi connectivity index (χ4n) is 5.65. The standard InChI is InChI=1S/C37H46N12O12S/c1-17(25(50)11-19(3-2-10-41-36(38)39)32(56)47-24(13-28(53)54)26(51)12-20(16-62)34(58)59)44-27(52)9-8-23(35(60)61)46-31(55)18-4-6-21(7-5-18)42-14-22-15-43-30-29(45-22)33(57)49-37(40)48-30/h1,4-7,15,17,19-20,23-24,42,62H,2-3,8-14,16H2,(H,44,52)(H,46,55)(H,47,56)(H,53,54)(H,58,59)(H,60,61)(H4,38,39,41)(H3,40,43,48,49,57)/t17-,19+,20-,23-,24-/m0/s1. The van der Waals surface area contributed by atoms with Crippen LogP contribution in [0, 0.1) is 18.8 Å². The van der Waals surface area contributed by atoms with Gasteiger partial charge < -0.3 is 53.8 Å². The molecule has 3 aromatic rings. The van der Waals surface area contributed by atoms with Crippen LogP contribution < -0.4 is 44.0 Å². The maximum absolute atomic E-state index is 13.4. The normalized spacial score (nSPS) is 13.3. The summed E-state index contributed by atoms with van der Waals surface area (Å²) >= 11 is 3.90. The molecule has 2 heterocycles. The van der Waals surface area contributed by atoms with Crippen molar-refractivity contribution in [2.45, 2.75) is 69.6 Å². The summed E-state index contributed by atoms with van der Waals surface area (Å²) in [5, 5.41) is 38.3. The molecule has 62 heavy (non-hydrogen) atoms. The molecule has 0 aliphatic heterocycles. The van der Waals surface area contributed by atoms with Crippen LogP contribution in [0.25, 0.3) is 11.2 Å². The van der Waals surface area contributed by atoms with Crippen LogP contribution >= 0.6 is 12.6 Å². The molecule has 0 saturated carbocycles. The van der Waals surface area contributed by atoms with E-state index in [-0.39, 0.29) is 60.3 Å². The molecule has 2 radical (unpaired) electrons. The number of amides is 3. The first kappa shape index (κ1) is 49.2. The highest BCUT2D eigenvalue weighted by Gasteiger charge is 2.32. The zero-order valence-electron chi connectivity index (χ0n) is 32.9. The third-order valence-electron chi connectivity index (χ3n) is 8.96. The highest BCUT2D eigenvalue weighted by atomic mass is 32.1. The van der Waals surface area contributed by atoms with Crippen molar-refractivity contribution in [3.63, 3.8) is 0 Å². The van der Waals surface area contributed by atoms with Crippen LogP contribution in [0.15, 0.2) is 40.2 Å². The molecule has 0 aliphatic carbocycles. The summed E-state index contributed by atoms with van der Waals surface area (Å²) in [7, 11) is 0. The number of aromatic nitrogens is 4. The molecule has 0 spiro atoms. The average molecular weight is 883 g/mol.